The van der Waals surface area contributed by atoms with E-state index in [-0.39, 0.29) is 26.1 Å². The van der Waals surface area contributed by atoms with Gasteiger partial charge in [0.2, 0.25) is 0 Å². The SMILES string of the molecule is CCCCC/C=C\C/C=C\C/C=C\C/C=C\CCCC(=O)OC[C@H](COP(=O)(O)OCC[N+](C)(C)C)OC(=O)CCCCCCCCCCCC. The van der Waals surface area contributed by atoms with Crippen LogP contribution in [-0.4, -0.2) is 74.9 Å². The van der Waals surface area contributed by atoms with Crippen molar-refractivity contribution in [2.75, 3.05) is 47.5 Å². The number of nitrogens with zero attached hydrogens (tertiary/aromatic N) is 1. The largest absolute Gasteiger partial charge is 0.472 e. The van der Waals surface area contributed by atoms with E-state index in [1.807, 2.05) is 21.1 Å². The van der Waals surface area contributed by atoms with Crippen LogP contribution >= 0.6 is 7.82 Å². The number of esters is 2. The van der Waals surface area contributed by atoms with Gasteiger partial charge in [0.25, 0.3) is 0 Å². The van der Waals surface area contributed by atoms with Crippen LogP contribution in [0.4, 0.5) is 0 Å². The number of carbonyl (C=O) groups excluding carboxylic acids is 2. The second kappa shape index (κ2) is 33.8. The topological polar surface area (TPSA) is 108 Å². The van der Waals surface area contributed by atoms with Gasteiger partial charge >= 0.3 is 19.8 Å². The number of phosphoric acid groups is 1. The van der Waals surface area contributed by atoms with Crippen molar-refractivity contribution in [3.63, 3.8) is 0 Å². The quantitative estimate of drug-likeness (QED) is 0.0225. The molecule has 0 heterocycles. The van der Waals surface area contributed by atoms with Crippen LogP contribution in [-0.2, 0) is 32.7 Å². The maximum Gasteiger partial charge on any atom is 0.472 e. The molecule has 296 valence electrons. The zero-order valence-electron chi connectivity index (χ0n) is 33.1. The molecule has 0 aliphatic carbocycles. The van der Waals surface area contributed by atoms with E-state index in [0.717, 1.165) is 44.9 Å². The van der Waals surface area contributed by atoms with Crippen molar-refractivity contribution in [1.29, 1.82) is 0 Å². The van der Waals surface area contributed by atoms with E-state index >= 15 is 0 Å². The number of carbonyl (C=O) groups is 2. The van der Waals surface area contributed by atoms with Crippen LogP contribution in [0, 0.1) is 0 Å². The monoisotopic (exact) mass is 741 g/mol. The maximum atomic E-state index is 12.6. The van der Waals surface area contributed by atoms with Crippen molar-refractivity contribution in [2.45, 2.75) is 155 Å². The van der Waals surface area contributed by atoms with Gasteiger partial charge < -0.3 is 18.9 Å². The highest BCUT2D eigenvalue weighted by atomic mass is 31.2. The number of unbranched alkanes of at least 4 members (excludes halogenated alkanes) is 13. The predicted molar refractivity (Wildman–Crippen MR) is 210 cm³/mol. The molecule has 0 radical (unpaired) electrons. The Bertz CT molecular complexity index is 1020. The first-order chi connectivity index (χ1) is 24.5. The fourth-order valence-corrected chi connectivity index (χ4v) is 5.69. The van der Waals surface area contributed by atoms with E-state index < -0.39 is 32.5 Å². The molecule has 0 fully saturated rings. The van der Waals surface area contributed by atoms with Gasteiger partial charge in [-0.15, -0.1) is 0 Å². The van der Waals surface area contributed by atoms with Crippen LogP contribution < -0.4 is 0 Å². The van der Waals surface area contributed by atoms with Gasteiger partial charge in [0.1, 0.15) is 19.8 Å². The third-order valence-corrected chi connectivity index (χ3v) is 9.10. The Morgan fingerprint density at radius 2 is 1.08 bits per heavy atom. The van der Waals surface area contributed by atoms with Crippen LogP contribution in [0.1, 0.15) is 149 Å². The molecule has 0 saturated carbocycles. The molecule has 0 aromatic rings. The summed E-state index contributed by atoms with van der Waals surface area (Å²) < 4.78 is 34.1. The molecular weight excluding hydrogens is 665 g/mol. The second-order valence-corrected chi connectivity index (χ2v) is 15.8. The first-order valence-electron chi connectivity index (χ1n) is 19.9. The number of phosphoric ester groups is 1. The molecule has 0 aromatic carbocycles. The lowest BCUT2D eigenvalue weighted by molar-refractivity contribution is -0.870. The highest BCUT2D eigenvalue weighted by Gasteiger charge is 2.27. The predicted octanol–water partition coefficient (Wildman–Crippen LogP) is 10.7. The Morgan fingerprint density at radius 1 is 0.608 bits per heavy atom. The normalized spacial score (nSPS) is 14.2. The zero-order chi connectivity index (χ0) is 37.9. The molecule has 10 heteroatoms. The summed E-state index contributed by atoms with van der Waals surface area (Å²) in [5.41, 5.74) is 0. The zero-order valence-corrected chi connectivity index (χ0v) is 34.0. The Kier molecular flexibility index (Phi) is 32.4. The van der Waals surface area contributed by atoms with Crippen molar-refractivity contribution >= 4 is 19.8 Å². The van der Waals surface area contributed by atoms with E-state index in [1.165, 1.54) is 64.2 Å². The molecule has 0 bridgehead atoms. The Balaban J connectivity index is 4.49. The van der Waals surface area contributed by atoms with Gasteiger partial charge in [-0.3, -0.25) is 18.6 Å². The molecule has 0 saturated heterocycles. The third kappa shape index (κ3) is 37.5. The first kappa shape index (κ1) is 49.0. The van der Waals surface area contributed by atoms with Gasteiger partial charge in [-0.2, -0.15) is 0 Å². The maximum absolute atomic E-state index is 12.6. The Labute approximate surface area is 312 Å². The van der Waals surface area contributed by atoms with Crippen LogP contribution in [0.2, 0.25) is 0 Å². The third-order valence-electron chi connectivity index (χ3n) is 8.11. The van der Waals surface area contributed by atoms with Crippen LogP contribution in [0.3, 0.4) is 0 Å². The van der Waals surface area contributed by atoms with Gasteiger partial charge in [-0.05, 0) is 51.4 Å². The van der Waals surface area contributed by atoms with Gasteiger partial charge in [-0.25, -0.2) is 4.57 Å². The summed E-state index contributed by atoms with van der Waals surface area (Å²) in [5.74, 6) is -0.869. The Hall–Kier alpha value is -2.03. The van der Waals surface area contributed by atoms with Crippen molar-refractivity contribution in [3.05, 3.63) is 48.6 Å². The molecule has 51 heavy (non-hydrogen) atoms. The fourth-order valence-electron chi connectivity index (χ4n) is 4.95. The molecule has 0 rings (SSSR count). The van der Waals surface area contributed by atoms with Crippen molar-refractivity contribution in [2.24, 2.45) is 0 Å². The van der Waals surface area contributed by atoms with Gasteiger partial charge in [0.15, 0.2) is 6.10 Å². The number of allylic oxidation sites excluding steroid dienone is 8. The fraction of sp³-hybridized carbons (Fsp3) is 0.756. The summed E-state index contributed by atoms with van der Waals surface area (Å²) in [5, 5.41) is 0. The smallest absolute Gasteiger partial charge is 0.462 e. The molecule has 0 amide bonds. The molecule has 9 nitrogen and oxygen atoms in total. The molecule has 0 aliphatic rings. The summed E-state index contributed by atoms with van der Waals surface area (Å²) in [7, 11) is 1.44. The van der Waals surface area contributed by atoms with Gasteiger partial charge in [-0.1, -0.05) is 133 Å². The summed E-state index contributed by atoms with van der Waals surface area (Å²) in [6, 6.07) is 0. The summed E-state index contributed by atoms with van der Waals surface area (Å²) >= 11 is 0. The van der Waals surface area contributed by atoms with E-state index in [4.69, 9.17) is 18.5 Å². The number of likely N-dealkylation sites (N-methyl/N-ethyl adjacent to an activating group) is 1. The molecule has 0 aliphatic heterocycles. The van der Waals surface area contributed by atoms with Crippen molar-refractivity contribution in [3.8, 4) is 0 Å². The molecule has 1 unspecified atom stereocenters. The summed E-state index contributed by atoms with van der Waals surface area (Å²) in [4.78, 5) is 35.1. The number of hydrogen-bond donors (Lipinski definition) is 1. The first-order valence-corrected chi connectivity index (χ1v) is 21.4. The van der Waals surface area contributed by atoms with Gasteiger partial charge in [0, 0.05) is 12.8 Å². The molecule has 0 aromatic heterocycles. The highest BCUT2D eigenvalue weighted by Crippen LogP contribution is 2.43. The van der Waals surface area contributed by atoms with Crippen LogP contribution in [0.25, 0.3) is 0 Å². The number of quaternary nitrogens is 1. The van der Waals surface area contributed by atoms with Crippen LogP contribution in [0.15, 0.2) is 48.6 Å². The molecule has 0 spiro atoms. The standard InChI is InChI=1S/C41H74NO8P/c1-6-8-10-12-14-16-18-19-20-21-22-23-24-26-27-29-31-33-40(43)47-37-39(38-49-51(45,46)48-36-35-42(3,4)5)50-41(44)34-32-30-28-25-17-15-13-11-9-7-2/h14,16,19-20,22-23,26-27,39H,6-13,15,17-18,21,24-25,28-38H2,1-5H3/p+1/b16-14-,20-19-,23-22-,27-26-/t39-/m1/s1. The van der Waals surface area contributed by atoms with E-state index in [2.05, 4.69) is 62.5 Å². The van der Waals surface area contributed by atoms with Gasteiger partial charge in [0.05, 0.1) is 27.7 Å². The highest BCUT2D eigenvalue weighted by molar-refractivity contribution is 7.47. The molecule has 2 atom stereocenters. The van der Waals surface area contributed by atoms with E-state index in [9.17, 15) is 19.0 Å². The molecule has 1 N–H and O–H groups in total. The summed E-state index contributed by atoms with van der Waals surface area (Å²) in [6.45, 7) is 4.29. The number of rotatable bonds is 35. The van der Waals surface area contributed by atoms with Crippen molar-refractivity contribution in [1.82, 2.24) is 0 Å². The number of hydrogen-bond acceptors (Lipinski definition) is 7. The lowest BCUT2D eigenvalue weighted by Gasteiger charge is -2.24. The lowest BCUT2D eigenvalue weighted by Crippen LogP contribution is -2.37. The minimum Gasteiger partial charge on any atom is -0.462 e. The van der Waals surface area contributed by atoms with E-state index in [0.29, 0.717) is 23.9 Å². The molecular formula is C41H75NO8P+. The second-order valence-electron chi connectivity index (χ2n) is 14.3. The van der Waals surface area contributed by atoms with Crippen LogP contribution in [0.5, 0.6) is 0 Å². The average molecular weight is 741 g/mol. The Morgan fingerprint density at radius 3 is 1.63 bits per heavy atom. The minimum absolute atomic E-state index is 0.0227. The van der Waals surface area contributed by atoms with Crippen molar-refractivity contribution < 1.29 is 42.1 Å². The summed E-state index contributed by atoms with van der Waals surface area (Å²) in [6.07, 6.45) is 37.4. The number of ether oxygens (including phenoxy) is 2. The minimum atomic E-state index is -4.38. The van der Waals surface area contributed by atoms with E-state index in [1.54, 1.807) is 0 Å². The average Bonchev–Trinajstić information content (AvgIpc) is 3.07. The lowest BCUT2D eigenvalue weighted by atomic mass is 10.1.